The van der Waals surface area contributed by atoms with Crippen molar-refractivity contribution in [3.05, 3.63) is 59.7 Å². The second kappa shape index (κ2) is 7.54. The number of hydrogen-bond donors (Lipinski definition) is 2. The van der Waals surface area contributed by atoms with Gasteiger partial charge in [-0.05, 0) is 31.5 Å². The first-order valence-electron chi connectivity index (χ1n) is 7.34. The fraction of sp³-hybridized carbons (Fsp3) is 0.294. The van der Waals surface area contributed by atoms with Crippen molar-refractivity contribution < 1.29 is 9.18 Å². The molecule has 5 heteroatoms. The Morgan fingerprint density at radius 2 is 2.05 bits per heavy atom. The molecule has 0 spiro atoms. The van der Waals surface area contributed by atoms with E-state index >= 15 is 0 Å². The summed E-state index contributed by atoms with van der Waals surface area (Å²) in [5, 5.41) is 5.94. The zero-order chi connectivity index (χ0) is 15.9. The lowest BCUT2D eigenvalue weighted by Gasteiger charge is -2.11. The van der Waals surface area contributed by atoms with Crippen LogP contribution in [-0.2, 0) is 6.54 Å². The van der Waals surface area contributed by atoms with E-state index in [1.54, 1.807) is 36.5 Å². The van der Waals surface area contributed by atoms with Crippen molar-refractivity contribution in [2.24, 2.45) is 0 Å². The number of hydrogen-bond acceptors (Lipinski definition) is 3. The molecule has 2 rings (SSSR count). The highest BCUT2D eigenvalue weighted by molar-refractivity contribution is 5.92. The first-order valence-corrected chi connectivity index (χ1v) is 7.34. The lowest BCUT2D eigenvalue weighted by atomic mass is 10.2. The molecule has 0 fully saturated rings. The Bertz CT molecular complexity index is 628. The third-order valence-electron chi connectivity index (χ3n) is 3.43. The minimum atomic E-state index is -0.243. The second-order valence-corrected chi connectivity index (χ2v) is 5.16. The molecule has 4 nitrogen and oxygen atoms in total. The number of benzene rings is 1. The molecule has 1 aromatic carbocycles. The highest BCUT2D eigenvalue weighted by Crippen LogP contribution is 2.11. The van der Waals surface area contributed by atoms with Crippen molar-refractivity contribution in [1.82, 2.24) is 10.3 Å². The summed E-state index contributed by atoms with van der Waals surface area (Å²) in [6.45, 7) is 4.32. The Kier molecular flexibility index (Phi) is 5.47. The van der Waals surface area contributed by atoms with Gasteiger partial charge < -0.3 is 10.6 Å². The van der Waals surface area contributed by atoms with Crippen LogP contribution in [0.4, 0.5) is 10.1 Å². The first-order chi connectivity index (χ1) is 10.6. The van der Waals surface area contributed by atoms with Gasteiger partial charge >= 0.3 is 0 Å². The van der Waals surface area contributed by atoms with E-state index < -0.39 is 0 Å². The van der Waals surface area contributed by atoms with Gasteiger partial charge in [0.25, 0.3) is 5.91 Å². The molecular weight excluding hydrogens is 281 g/mol. The van der Waals surface area contributed by atoms with Crippen molar-refractivity contribution in [3.63, 3.8) is 0 Å². The Morgan fingerprint density at radius 1 is 1.27 bits per heavy atom. The highest BCUT2D eigenvalue weighted by atomic mass is 19.1. The largest absolute Gasteiger partial charge is 0.380 e. The minimum absolute atomic E-state index is 0.119. The van der Waals surface area contributed by atoms with E-state index in [9.17, 15) is 9.18 Å². The molecule has 1 amide bonds. The first kappa shape index (κ1) is 15.9. The Hall–Kier alpha value is -2.43. The molecule has 0 aliphatic rings. The summed E-state index contributed by atoms with van der Waals surface area (Å²) < 4.78 is 13.5. The van der Waals surface area contributed by atoms with Crippen molar-refractivity contribution >= 4 is 11.6 Å². The molecule has 1 unspecified atom stereocenters. The third-order valence-corrected chi connectivity index (χ3v) is 3.43. The van der Waals surface area contributed by atoms with E-state index in [2.05, 4.69) is 15.6 Å². The summed E-state index contributed by atoms with van der Waals surface area (Å²) in [7, 11) is 0. The zero-order valence-corrected chi connectivity index (χ0v) is 12.8. The fourth-order valence-electron chi connectivity index (χ4n) is 1.87. The van der Waals surface area contributed by atoms with Crippen LogP contribution in [0.2, 0.25) is 0 Å². The van der Waals surface area contributed by atoms with Gasteiger partial charge in [0, 0.05) is 18.2 Å². The number of halogens is 1. The van der Waals surface area contributed by atoms with E-state index in [0.29, 0.717) is 17.8 Å². The molecule has 22 heavy (non-hydrogen) atoms. The number of amides is 1. The maximum absolute atomic E-state index is 13.5. The topological polar surface area (TPSA) is 54.0 Å². The average molecular weight is 301 g/mol. The van der Waals surface area contributed by atoms with Crippen LogP contribution in [-0.4, -0.2) is 16.9 Å². The van der Waals surface area contributed by atoms with Crippen molar-refractivity contribution in [3.8, 4) is 0 Å². The van der Waals surface area contributed by atoms with Crippen molar-refractivity contribution in [2.75, 3.05) is 5.32 Å². The predicted octanol–water partition coefficient (Wildman–Crippen LogP) is 3.36. The third kappa shape index (κ3) is 4.28. The van der Waals surface area contributed by atoms with Gasteiger partial charge in [0.1, 0.15) is 11.5 Å². The SMILES string of the molecule is CCC(C)NC(=O)c1ccc(NCc2ccccc2F)cn1. The molecule has 0 radical (unpaired) electrons. The summed E-state index contributed by atoms with van der Waals surface area (Å²) in [6.07, 6.45) is 2.44. The lowest BCUT2D eigenvalue weighted by Crippen LogP contribution is -2.32. The molecule has 2 N–H and O–H groups in total. The van der Waals surface area contributed by atoms with E-state index in [0.717, 1.165) is 12.1 Å². The van der Waals surface area contributed by atoms with Gasteiger partial charge in [-0.25, -0.2) is 9.37 Å². The zero-order valence-electron chi connectivity index (χ0n) is 12.8. The summed E-state index contributed by atoms with van der Waals surface area (Å²) in [5.74, 6) is -0.428. The number of nitrogens with zero attached hydrogens (tertiary/aromatic N) is 1. The van der Waals surface area contributed by atoms with Crippen LogP contribution in [0.25, 0.3) is 0 Å². The van der Waals surface area contributed by atoms with E-state index in [1.807, 2.05) is 13.8 Å². The van der Waals surface area contributed by atoms with Crippen LogP contribution < -0.4 is 10.6 Å². The normalized spacial score (nSPS) is 11.8. The molecule has 0 aliphatic carbocycles. The standard InChI is InChI=1S/C17H20FN3O/c1-3-12(2)21-17(22)16-9-8-14(11-20-16)19-10-13-6-4-5-7-15(13)18/h4-9,11-12,19H,3,10H2,1-2H3,(H,21,22). The highest BCUT2D eigenvalue weighted by Gasteiger charge is 2.09. The van der Waals surface area contributed by atoms with Gasteiger partial charge in [-0.15, -0.1) is 0 Å². The van der Waals surface area contributed by atoms with Crippen LogP contribution >= 0.6 is 0 Å². The summed E-state index contributed by atoms with van der Waals surface area (Å²) in [5.41, 5.74) is 1.70. The quantitative estimate of drug-likeness (QED) is 0.860. The lowest BCUT2D eigenvalue weighted by molar-refractivity contribution is 0.0934. The average Bonchev–Trinajstić information content (AvgIpc) is 2.54. The van der Waals surface area contributed by atoms with E-state index in [-0.39, 0.29) is 17.8 Å². The van der Waals surface area contributed by atoms with Crippen LogP contribution in [0.15, 0.2) is 42.6 Å². The molecule has 0 bridgehead atoms. The number of anilines is 1. The minimum Gasteiger partial charge on any atom is -0.380 e. The van der Waals surface area contributed by atoms with Crippen LogP contribution in [0.3, 0.4) is 0 Å². The number of pyridine rings is 1. The molecule has 2 aromatic rings. The Labute approximate surface area is 129 Å². The molecule has 1 atom stereocenters. The molecule has 0 saturated heterocycles. The molecule has 116 valence electrons. The van der Waals surface area contributed by atoms with E-state index in [1.165, 1.54) is 6.07 Å². The number of carbonyl (C=O) groups is 1. The maximum Gasteiger partial charge on any atom is 0.270 e. The van der Waals surface area contributed by atoms with Crippen LogP contribution in [0, 0.1) is 5.82 Å². The smallest absolute Gasteiger partial charge is 0.270 e. The number of rotatable bonds is 6. The molecule has 0 saturated carbocycles. The predicted molar refractivity (Wildman–Crippen MR) is 85.2 cm³/mol. The summed E-state index contributed by atoms with van der Waals surface area (Å²) >= 11 is 0. The van der Waals surface area contributed by atoms with Gasteiger partial charge in [0.05, 0.1) is 11.9 Å². The Balaban J connectivity index is 1.95. The molecule has 1 aromatic heterocycles. The van der Waals surface area contributed by atoms with Gasteiger partial charge in [-0.1, -0.05) is 25.1 Å². The number of carbonyl (C=O) groups excluding carboxylic acids is 1. The van der Waals surface area contributed by atoms with Crippen molar-refractivity contribution in [1.29, 1.82) is 0 Å². The van der Waals surface area contributed by atoms with Crippen LogP contribution in [0.5, 0.6) is 0 Å². The number of aromatic nitrogens is 1. The Morgan fingerprint density at radius 3 is 2.68 bits per heavy atom. The maximum atomic E-state index is 13.5. The summed E-state index contributed by atoms with van der Waals surface area (Å²) in [4.78, 5) is 16.0. The van der Waals surface area contributed by atoms with Crippen molar-refractivity contribution in [2.45, 2.75) is 32.9 Å². The molecular formula is C17H20FN3O. The van der Waals surface area contributed by atoms with Gasteiger partial charge in [0.2, 0.25) is 0 Å². The summed E-state index contributed by atoms with van der Waals surface area (Å²) in [6, 6.07) is 10.1. The fourth-order valence-corrected chi connectivity index (χ4v) is 1.87. The second-order valence-electron chi connectivity index (χ2n) is 5.16. The van der Waals surface area contributed by atoms with Gasteiger partial charge in [-0.3, -0.25) is 4.79 Å². The monoisotopic (exact) mass is 301 g/mol. The molecule has 0 aliphatic heterocycles. The van der Waals surface area contributed by atoms with Crippen LogP contribution in [0.1, 0.15) is 36.3 Å². The number of nitrogens with one attached hydrogen (secondary N) is 2. The van der Waals surface area contributed by atoms with Gasteiger partial charge in [-0.2, -0.15) is 0 Å². The van der Waals surface area contributed by atoms with E-state index in [4.69, 9.17) is 0 Å². The van der Waals surface area contributed by atoms with Gasteiger partial charge in [0.15, 0.2) is 0 Å². The molecule has 1 heterocycles.